The van der Waals surface area contributed by atoms with Crippen LogP contribution in [0, 0.1) is 6.92 Å². The van der Waals surface area contributed by atoms with Gasteiger partial charge >= 0.3 is 0 Å². The van der Waals surface area contributed by atoms with E-state index in [4.69, 9.17) is 4.74 Å². The average Bonchev–Trinajstić information content (AvgIpc) is 2.85. The molecule has 96 valence electrons. The molecule has 1 unspecified atom stereocenters. The second-order valence-corrected chi connectivity index (χ2v) is 5.06. The van der Waals surface area contributed by atoms with E-state index in [0.717, 1.165) is 12.3 Å². The van der Waals surface area contributed by atoms with E-state index < -0.39 is 0 Å². The number of aryl methyl sites for hydroxylation is 1. The lowest BCUT2D eigenvalue weighted by Gasteiger charge is -2.23. The molecule has 1 aromatic heterocycles. The van der Waals surface area contributed by atoms with Gasteiger partial charge in [-0.2, -0.15) is 0 Å². The molecule has 1 saturated heterocycles. The minimum absolute atomic E-state index is 0.485. The van der Waals surface area contributed by atoms with Crippen LogP contribution in [0.2, 0.25) is 0 Å². The number of rotatable bonds is 2. The number of benzene rings is 1. The monoisotopic (exact) mass is 244 g/mol. The zero-order valence-electron chi connectivity index (χ0n) is 11.0. The summed E-state index contributed by atoms with van der Waals surface area (Å²) in [7, 11) is 1.74. The van der Waals surface area contributed by atoms with Gasteiger partial charge in [-0.1, -0.05) is 6.42 Å². The van der Waals surface area contributed by atoms with Crippen LogP contribution >= 0.6 is 0 Å². The second-order valence-electron chi connectivity index (χ2n) is 5.06. The topological polar surface area (TPSA) is 37.0 Å². The molecule has 2 aromatic rings. The molecule has 1 aromatic carbocycles. The van der Waals surface area contributed by atoms with Crippen LogP contribution in [0.15, 0.2) is 18.3 Å². The predicted octanol–water partition coefficient (Wildman–Crippen LogP) is 3.30. The van der Waals surface area contributed by atoms with Crippen LogP contribution < -0.4 is 10.1 Å². The third-order valence-electron chi connectivity index (χ3n) is 3.99. The molecule has 2 N–H and O–H groups in total. The van der Waals surface area contributed by atoms with Crippen LogP contribution in [-0.2, 0) is 0 Å². The maximum absolute atomic E-state index is 5.43. The van der Waals surface area contributed by atoms with Crippen molar-refractivity contribution in [3.05, 3.63) is 29.5 Å². The standard InChI is InChI=1S/C15H20N2O/c1-10-14(18-2)7-6-13-15(10)11(9-17-13)12-5-3-4-8-16-12/h6-7,9,12,16-17H,3-5,8H2,1-2H3. The van der Waals surface area contributed by atoms with Gasteiger partial charge in [0.25, 0.3) is 0 Å². The van der Waals surface area contributed by atoms with Crippen LogP contribution in [0.4, 0.5) is 0 Å². The predicted molar refractivity (Wildman–Crippen MR) is 74.2 cm³/mol. The minimum atomic E-state index is 0.485. The summed E-state index contributed by atoms with van der Waals surface area (Å²) in [6.07, 6.45) is 5.98. The highest BCUT2D eigenvalue weighted by atomic mass is 16.5. The van der Waals surface area contributed by atoms with Crippen LogP contribution in [0.3, 0.4) is 0 Å². The molecule has 18 heavy (non-hydrogen) atoms. The Bertz CT molecular complexity index is 553. The van der Waals surface area contributed by atoms with Crippen molar-refractivity contribution in [3.63, 3.8) is 0 Å². The molecule has 0 saturated carbocycles. The first-order valence-corrected chi connectivity index (χ1v) is 6.69. The van der Waals surface area contributed by atoms with Crippen LogP contribution in [0.25, 0.3) is 10.9 Å². The van der Waals surface area contributed by atoms with E-state index in [0.29, 0.717) is 6.04 Å². The van der Waals surface area contributed by atoms with Crippen molar-refractivity contribution in [3.8, 4) is 5.75 Å². The first-order valence-electron chi connectivity index (χ1n) is 6.69. The SMILES string of the molecule is COc1ccc2[nH]cc(C3CCCCN3)c2c1C. The molecule has 1 aliphatic heterocycles. The summed E-state index contributed by atoms with van der Waals surface area (Å²) in [5, 5.41) is 4.95. The molecule has 1 aliphatic rings. The zero-order valence-corrected chi connectivity index (χ0v) is 11.0. The summed E-state index contributed by atoms with van der Waals surface area (Å²) in [5.74, 6) is 0.971. The van der Waals surface area contributed by atoms with E-state index in [1.165, 1.54) is 41.3 Å². The lowest BCUT2D eigenvalue weighted by molar-refractivity contribution is 0.410. The highest BCUT2D eigenvalue weighted by molar-refractivity contribution is 5.89. The highest BCUT2D eigenvalue weighted by Gasteiger charge is 2.20. The summed E-state index contributed by atoms with van der Waals surface area (Å²) < 4.78 is 5.43. The van der Waals surface area contributed by atoms with Gasteiger partial charge in [0.05, 0.1) is 7.11 Å². The number of aromatic amines is 1. The van der Waals surface area contributed by atoms with E-state index >= 15 is 0 Å². The number of nitrogens with one attached hydrogen (secondary N) is 2. The average molecular weight is 244 g/mol. The van der Waals surface area contributed by atoms with Gasteiger partial charge in [0.1, 0.15) is 5.75 Å². The number of aromatic nitrogens is 1. The van der Waals surface area contributed by atoms with E-state index in [-0.39, 0.29) is 0 Å². The van der Waals surface area contributed by atoms with Crippen molar-refractivity contribution in [1.82, 2.24) is 10.3 Å². The molecular weight excluding hydrogens is 224 g/mol. The number of methoxy groups -OCH3 is 1. The second kappa shape index (κ2) is 4.65. The van der Waals surface area contributed by atoms with Gasteiger partial charge in [0, 0.05) is 28.7 Å². The molecule has 0 spiro atoms. The van der Waals surface area contributed by atoms with Gasteiger partial charge in [-0.25, -0.2) is 0 Å². The van der Waals surface area contributed by atoms with E-state index in [1.54, 1.807) is 7.11 Å². The summed E-state index contributed by atoms with van der Waals surface area (Å²) in [6.45, 7) is 3.27. The molecule has 0 radical (unpaired) electrons. The van der Waals surface area contributed by atoms with Crippen LogP contribution in [-0.4, -0.2) is 18.6 Å². The maximum Gasteiger partial charge on any atom is 0.122 e. The van der Waals surface area contributed by atoms with Gasteiger partial charge in [-0.15, -0.1) is 0 Å². The first-order chi connectivity index (χ1) is 8.81. The molecule has 3 nitrogen and oxygen atoms in total. The number of H-pyrrole nitrogens is 1. The third-order valence-corrected chi connectivity index (χ3v) is 3.99. The lowest BCUT2D eigenvalue weighted by Crippen LogP contribution is -2.26. The third kappa shape index (κ3) is 1.79. The van der Waals surface area contributed by atoms with Gasteiger partial charge in [0.2, 0.25) is 0 Å². The van der Waals surface area contributed by atoms with Crippen molar-refractivity contribution < 1.29 is 4.74 Å². The fraction of sp³-hybridized carbons (Fsp3) is 0.467. The fourth-order valence-corrected chi connectivity index (χ4v) is 3.03. The molecule has 0 amide bonds. The molecule has 0 aliphatic carbocycles. The molecule has 0 bridgehead atoms. The molecule has 3 heteroatoms. The Hall–Kier alpha value is -1.48. The Balaban J connectivity index is 2.11. The van der Waals surface area contributed by atoms with Crippen molar-refractivity contribution in [2.45, 2.75) is 32.2 Å². The van der Waals surface area contributed by atoms with Crippen molar-refractivity contribution in [2.75, 3.05) is 13.7 Å². The van der Waals surface area contributed by atoms with Crippen LogP contribution in [0.5, 0.6) is 5.75 Å². The number of hydrogen-bond donors (Lipinski definition) is 2. The number of ether oxygens (including phenoxy) is 1. The molecule has 1 atom stereocenters. The Morgan fingerprint density at radius 2 is 2.17 bits per heavy atom. The maximum atomic E-state index is 5.43. The normalized spacial score (nSPS) is 20.2. The fourth-order valence-electron chi connectivity index (χ4n) is 3.03. The number of hydrogen-bond acceptors (Lipinski definition) is 2. The van der Waals surface area contributed by atoms with E-state index in [2.05, 4.69) is 29.5 Å². The Labute approximate surface area is 108 Å². The molecule has 3 rings (SSSR count). The van der Waals surface area contributed by atoms with Gasteiger partial charge in [0.15, 0.2) is 0 Å². The highest BCUT2D eigenvalue weighted by Crippen LogP contribution is 2.34. The van der Waals surface area contributed by atoms with Crippen LogP contribution in [0.1, 0.15) is 36.4 Å². The summed E-state index contributed by atoms with van der Waals surface area (Å²) in [4.78, 5) is 3.38. The van der Waals surface area contributed by atoms with Gasteiger partial charge in [-0.3, -0.25) is 0 Å². The Morgan fingerprint density at radius 1 is 1.28 bits per heavy atom. The lowest BCUT2D eigenvalue weighted by atomic mass is 9.95. The van der Waals surface area contributed by atoms with E-state index in [1.807, 2.05) is 6.07 Å². The Morgan fingerprint density at radius 3 is 2.89 bits per heavy atom. The minimum Gasteiger partial charge on any atom is -0.496 e. The quantitative estimate of drug-likeness (QED) is 0.850. The summed E-state index contributed by atoms with van der Waals surface area (Å²) in [5.41, 5.74) is 3.83. The molecule has 2 heterocycles. The Kier molecular flexibility index (Phi) is 3.00. The van der Waals surface area contributed by atoms with Crippen molar-refractivity contribution >= 4 is 10.9 Å². The van der Waals surface area contributed by atoms with Gasteiger partial charge in [-0.05, 0) is 44.0 Å². The summed E-state index contributed by atoms with van der Waals surface area (Å²) >= 11 is 0. The largest absolute Gasteiger partial charge is 0.496 e. The number of piperidine rings is 1. The zero-order chi connectivity index (χ0) is 12.5. The van der Waals surface area contributed by atoms with Crippen molar-refractivity contribution in [1.29, 1.82) is 0 Å². The van der Waals surface area contributed by atoms with Crippen molar-refractivity contribution in [2.24, 2.45) is 0 Å². The number of fused-ring (bicyclic) bond motifs is 1. The summed E-state index contributed by atoms with van der Waals surface area (Å²) in [6, 6.07) is 4.62. The molecule has 1 fully saturated rings. The molecular formula is C15H20N2O. The van der Waals surface area contributed by atoms with E-state index in [9.17, 15) is 0 Å². The van der Waals surface area contributed by atoms with Gasteiger partial charge < -0.3 is 15.0 Å². The first kappa shape index (κ1) is 11.6. The smallest absolute Gasteiger partial charge is 0.122 e.